The van der Waals surface area contributed by atoms with Crippen molar-refractivity contribution in [2.24, 2.45) is 16.3 Å². The van der Waals surface area contributed by atoms with Crippen molar-refractivity contribution in [2.75, 3.05) is 0 Å². The number of para-hydroxylation sites is 1. The molecule has 0 unspecified atom stereocenters. The van der Waals surface area contributed by atoms with Crippen LogP contribution in [0.25, 0.3) is 0 Å². The molecule has 202 valence electrons. The quantitative estimate of drug-likeness (QED) is 0.220. The second kappa shape index (κ2) is 11.8. The van der Waals surface area contributed by atoms with Crippen LogP contribution in [0.2, 0.25) is 5.02 Å². The first-order chi connectivity index (χ1) is 18.8. The van der Waals surface area contributed by atoms with Crippen molar-refractivity contribution in [3.05, 3.63) is 105 Å². The number of benzene rings is 2. The van der Waals surface area contributed by atoms with Crippen LogP contribution >= 0.6 is 22.9 Å². The lowest BCUT2D eigenvalue weighted by atomic mass is 9.72. The summed E-state index contributed by atoms with van der Waals surface area (Å²) in [7, 11) is 0. The highest BCUT2D eigenvalue weighted by Gasteiger charge is 2.33. The molecule has 4 aromatic rings. The number of aliphatic imine (C=N–C) groups is 1. The van der Waals surface area contributed by atoms with E-state index < -0.39 is 0 Å². The molecular weight excluding hydrogens is 528 g/mol. The number of fused-ring (bicyclic) bond motifs is 1. The molecule has 0 spiro atoms. The number of carbonyl (C=O) groups is 1. The number of furan rings is 1. The zero-order valence-electron chi connectivity index (χ0n) is 22.5. The SMILES string of the molecule is CC(C)(C)[C@H]1CCc2c(sc(N=Cc3ccccc3OCc3ccccc3Cl)c2C(=O)NCc2ccco2)C1. The highest BCUT2D eigenvalue weighted by Crippen LogP contribution is 2.45. The molecule has 2 aromatic carbocycles. The number of thiophene rings is 1. The van der Waals surface area contributed by atoms with Gasteiger partial charge in [0.1, 0.15) is 23.1 Å². The van der Waals surface area contributed by atoms with Gasteiger partial charge < -0.3 is 14.5 Å². The molecule has 1 atom stereocenters. The second-order valence-corrected chi connectivity index (χ2v) is 12.4. The zero-order valence-corrected chi connectivity index (χ0v) is 24.1. The Hall–Kier alpha value is -3.35. The minimum Gasteiger partial charge on any atom is -0.488 e. The van der Waals surface area contributed by atoms with Crippen molar-refractivity contribution in [3.8, 4) is 5.75 Å². The zero-order chi connectivity index (χ0) is 27.4. The summed E-state index contributed by atoms with van der Waals surface area (Å²) in [6, 6.07) is 19.1. The van der Waals surface area contributed by atoms with Crippen molar-refractivity contribution in [2.45, 2.75) is 53.2 Å². The van der Waals surface area contributed by atoms with E-state index in [1.54, 1.807) is 23.8 Å². The lowest BCUT2D eigenvalue weighted by molar-refractivity contribution is 0.0947. The Labute approximate surface area is 238 Å². The number of carbonyl (C=O) groups excluding carboxylic acids is 1. The van der Waals surface area contributed by atoms with Gasteiger partial charge in [0.05, 0.1) is 18.4 Å². The summed E-state index contributed by atoms with van der Waals surface area (Å²) >= 11 is 7.95. The molecule has 2 heterocycles. The molecular formula is C32H33ClN2O3S. The molecule has 1 aliphatic carbocycles. The lowest BCUT2D eigenvalue weighted by Gasteiger charge is -2.33. The summed E-state index contributed by atoms with van der Waals surface area (Å²) in [6.45, 7) is 7.58. The smallest absolute Gasteiger partial charge is 0.255 e. The lowest BCUT2D eigenvalue weighted by Crippen LogP contribution is -2.28. The van der Waals surface area contributed by atoms with E-state index in [0.29, 0.717) is 35.4 Å². The Morgan fingerprint density at radius 3 is 2.72 bits per heavy atom. The van der Waals surface area contributed by atoms with Gasteiger partial charge >= 0.3 is 0 Å². The third kappa shape index (κ3) is 6.45. The highest BCUT2D eigenvalue weighted by molar-refractivity contribution is 7.16. The Kier molecular flexibility index (Phi) is 8.24. The molecule has 0 bridgehead atoms. The Morgan fingerprint density at radius 2 is 1.95 bits per heavy atom. The average Bonchev–Trinajstić information content (AvgIpc) is 3.57. The minimum atomic E-state index is -0.117. The maximum absolute atomic E-state index is 13.5. The van der Waals surface area contributed by atoms with E-state index in [4.69, 9.17) is 25.7 Å². The third-order valence-electron chi connectivity index (χ3n) is 7.28. The number of hydrogen-bond acceptors (Lipinski definition) is 5. The molecule has 1 N–H and O–H groups in total. The van der Waals surface area contributed by atoms with Crippen LogP contribution in [0, 0.1) is 11.3 Å². The van der Waals surface area contributed by atoms with Gasteiger partial charge in [-0.3, -0.25) is 4.79 Å². The third-order valence-corrected chi connectivity index (χ3v) is 8.81. The van der Waals surface area contributed by atoms with E-state index in [1.807, 2.05) is 60.7 Å². The molecule has 0 fully saturated rings. The number of ether oxygens (including phenoxy) is 1. The maximum Gasteiger partial charge on any atom is 0.255 e. The van der Waals surface area contributed by atoms with Crippen molar-refractivity contribution in [3.63, 3.8) is 0 Å². The van der Waals surface area contributed by atoms with Gasteiger partial charge in [-0.25, -0.2) is 4.99 Å². The van der Waals surface area contributed by atoms with Crippen LogP contribution in [0.15, 0.2) is 76.3 Å². The average molecular weight is 561 g/mol. The van der Waals surface area contributed by atoms with E-state index >= 15 is 0 Å². The van der Waals surface area contributed by atoms with Crippen LogP contribution in [-0.4, -0.2) is 12.1 Å². The number of amides is 1. The molecule has 2 aromatic heterocycles. The van der Waals surface area contributed by atoms with Crippen molar-refractivity contribution in [1.82, 2.24) is 5.32 Å². The van der Waals surface area contributed by atoms with E-state index in [9.17, 15) is 4.79 Å². The standard InChI is InChI=1S/C32H33ClN2O3S/c1-32(2,3)23-14-15-25-28(17-23)39-31(29(25)30(36)34-19-24-11-8-16-37-24)35-18-21-9-5-7-13-27(21)38-20-22-10-4-6-12-26(22)33/h4-13,16,18,23H,14-15,17,19-20H2,1-3H3,(H,34,36)/t23-/m0/s1. The van der Waals surface area contributed by atoms with E-state index in [0.717, 1.165) is 46.7 Å². The number of rotatable bonds is 8. The van der Waals surface area contributed by atoms with Gasteiger partial charge in [-0.1, -0.05) is 62.7 Å². The molecule has 0 saturated heterocycles. The van der Waals surface area contributed by atoms with Crippen LogP contribution in [0.1, 0.15) is 64.9 Å². The van der Waals surface area contributed by atoms with Crippen molar-refractivity contribution in [1.29, 1.82) is 0 Å². The van der Waals surface area contributed by atoms with Crippen molar-refractivity contribution >= 4 is 40.1 Å². The van der Waals surface area contributed by atoms with Crippen LogP contribution in [0.4, 0.5) is 5.00 Å². The first-order valence-electron chi connectivity index (χ1n) is 13.2. The van der Waals surface area contributed by atoms with Gasteiger partial charge in [0.2, 0.25) is 0 Å². The van der Waals surface area contributed by atoms with Gasteiger partial charge in [0.25, 0.3) is 5.91 Å². The fourth-order valence-electron chi connectivity index (χ4n) is 4.92. The predicted octanol–water partition coefficient (Wildman–Crippen LogP) is 8.41. The van der Waals surface area contributed by atoms with Crippen LogP contribution in [0.5, 0.6) is 5.75 Å². The van der Waals surface area contributed by atoms with Crippen molar-refractivity contribution < 1.29 is 13.9 Å². The fourth-order valence-corrected chi connectivity index (χ4v) is 6.38. The molecule has 0 saturated carbocycles. The summed E-state index contributed by atoms with van der Waals surface area (Å²) < 4.78 is 11.5. The fraction of sp³-hybridized carbons (Fsp3) is 0.312. The normalized spacial score (nSPS) is 15.3. The summed E-state index contributed by atoms with van der Waals surface area (Å²) in [5.74, 6) is 1.88. The monoisotopic (exact) mass is 560 g/mol. The molecule has 5 nitrogen and oxygen atoms in total. The Bertz CT molecular complexity index is 1470. The molecule has 7 heteroatoms. The first-order valence-corrected chi connectivity index (χ1v) is 14.4. The van der Waals surface area contributed by atoms with Crippen LogP contribution in [0.3, 0.4) is 0 Å². The molecule has 0 aliphatic heterocycles. The molecule has 39 heavy (non-hydrogen) atoms. The predicted molar refractivity (Wildman–Crippen MR) is 159 cm³/mol. The van der Waals surface area contributed by atoms with Crippen LogP contribution in [-0.2, 0) is 26.0 Å². The number of nitrogens with one attached hydrogen (secondary N) is 1. The van der Waals surface area contributed by atoms with E-state index in [-0.39, 0.29) is 11.3 Å². The van der Waals surface area contributed by atoms with Gasteiger partial charge in [0.15, 0.2) is 0 Å². The summed E-state index contributed by atoms with van der Waals surface area (Å²) in [5.41, 5.74) is 3.78. The van der Waals surface area contributed by atoms with E-state index in [2.05, 4.69) is 26.1 Å². The number of hydrogen-bond donors (Lipinski definition) is 1. The maximum atomic E-state index is 13.5. The van der Waals surface area contributed by atoms with Gasteiger partial charge in [0, 0.05) is 27.2 Å². The molecule has 1 aliphatic rings. The van der Waals surface area contributed by atoms with Gasteiger partial charge in [-0.05, 0) is 66.5 Å². The summed E-state index contributed by atoms with van der Waals surface area (Å²) in [5, 5.41) is 4.44. The Balaban J connectivity index is 1.42. The van der Waals surface area contributed by atoms with Gasteiger partial charge in [-0.15, -0.1) is 11.3 Å². The summed E-state index contributed by atoms with van der Waals surface area (Å²) in [6.07, 6.45) is 6.32. The number of nitrogens with zero attached hydrogens (tertiary/aromatic N) is 1. The topological polar surface area (TPSA) is 63.8 Å². The van der Waals surface area contributed by atoms with E-state index in [1.165, 1.54) is 4.88 Å². The highest BCUT2D eigenvalue weighted by atomic mass is 35.5. The Morgan fingerprint density at radius 1 is 1.15 bits per heavy atom. The second-order valence-electron chi connectivity index (χ2n) is 10.9. The molecule has 0 radical (unpaired) electrons. The molecule has 1 amide bonds. The number of halogens is 1. The summed E-state index contributed by atoms with van der Waals surface area (Å²) in [4.78, 5) is 19.6. The van der Waals surface area contributed by atoms with Crippen LogP contribution < -0.4 is 10.1 Å². The van der Waals surface area contributed by atoms with Gasteiger partial charge in [-0.2, -0.15) is 0 Å². The first kappa shape index (κ1) is 27.2. The minimum absolute atomic E-state index is 0.117. The largest absolute Gasteiger partial charge is 0.488 e. The molecule has 5 rings (SSSR count).